The van der Waals surface area contributed by atoms with Gasteiger partial charge in [0.05, 0.1) is 12.4 Å². The number of pyridine rings is 2. The van der Waals surface area contributed by atoms with E-state index in [0.29, 0.717) is 33.9 Å². The van der Waals surface area contributed by atoms with Crippen molar-refractivity contribution in [2.75, 3.05) is 0 Å². The van der Waals surface area contributed by atoms with Gasteiger partial charge >= 0.3 is 0 Å². The summed E-state index contributed by atoms with van der Waals surface area (Å²) in [5.41, 5.74) is 7.90. The van der Waals surface area contributed by atoms with E-state index in [1.807, 2.05) is 36.9 Å². The Labute approximate surface area is 313 Å². The molecule has 0 unspecified atom stereocenters. The number of oxazole rings is 2. The maximum atomic E-state index is 6.48. The zero-order chi connectivity index (χ0) is 36.5. The minimum Gasteiger partial charge on any atom is -0.418 e. The van der Waals surface area contributed by atoms with Gasteiger partial charge in [0.25, 0.3) is 0 Å². The maximum absolute atomic E-state index is 6.48. The molecule has 0 radical (unpaired) electrons. The minimum absolute atomic E-state index is 0.419. The van der Waals surface area contributed by atoms with Crippen LogP contribution in [0.25, 0.3) is 121 Å². The maximum Gasteiger partial charge on any atom is 0.249 e. The van der Waals surface area contributed by atoms with E-state index in [9.17, 15) is 0 Å². The Kier molecular flexibility index (Phi) is 5.68. The van der Waals surface area contributed by atoms with Gasteiger partial charge < -0.3 is 8.83 Å². The molecule has 0 atom stereocenters. The number of benzene rings is 6. The third-order valence-electron chi connectivity index (χ3n) is 11.1. The van der Waals surface area contributed by atoms with Gasteiger partial charge in [-0.3, -0.25) is 8.80 Å². The van der Waals surface area contributed by atoms with Crippen LogP contribution in [0.5, 0.6) is 0 Å². The second-order valence-electron chi connectivity index (χ2n) is 14.1. The normalized spacial score (nSPS) is 12.3. The lowest BCUT2D eigenvalue weighted by Crippen LogP contribution is -1.86. The SMILES string of the molecule is c1cc2cccc3c4ccc(cc4)n4cnc5cnc6oc(nc6c54)c4cccc5cccc(c6nc7c(ncc8ncn(c9ccc(cc9)c(c1)c23)c87)o6)c54. The molecule has 260 valence electrons. The molecule has 15 rings (SSSR count). The van der Waals surface area contributed by atoms with Crippen LogP contribution < -0.4 is 0 Å². The predicted molar refractivity (Wildman–Crippen MR) is 221 cm³/mol. The van der Waals surface area contributed by atoms with Gasteiger partial charge in [0.15, 0.2) is 11.0 Å². The number of nitrogens with zero attached hydrogens (tertiary/aromatic N) is 8. The quantitative estimate of drug-likeness (QED) is 0.152. The number of fused-ring (bicyclic) bond motifs is 2. The second kappa shape index (κ2) is 10.8. The fraction of sp³-hybridized carbons (Fsp3) is 0. The molecule has 9 heterocycles. The first-order valence-corrected chi connectivity index (χ1v) is 18.2. The highest BCUT2D eigenvalue weighted by atomic mass is 16.4. The molecule has 9 aromatic heterocycles. The average Bonchev–Trinajstić information content (AvgIpc) is 4.07. The van der Waals surface area contributed by atoms with E-state index < -0.39 is 0 Å². The topological polar surface area (TPSA) is 112 Å². The van der Waals surface area contributed by atoms with Gasteiger partial charge in [-0.05, 0) is 74.1 Å². The first kappa shape index (κ1) is 29.5. The number of imidazole rings is 2. The molecule has 0 saturated carbocycles. The monoisotopic (exact) mass is 720 g/mol. The molecular formula is C46H24N8O2. The van der Waals surface area contributed by atoms with Crippen LogP contribution >= 0.6 is 0 Å². The van der Waals surface area contributed by atoms with Gasteiger partial charge in [-0.15, -0.1) is 0 Å². The van der Waals surface area contributed by atoms with Gasteiger partial charge in [-0.1, -0.05) is 84.9 Å². The molecule has 0 saturated heterocycles. The van der Waals surface area contributed by atoms with Crippen LogP contribution in [0.2, 0.25) is 0 Å². The molecule has 56 heavy (non-hydrogen) atoms. The van der Waals surface area contributed by atoms with Crippen LogP contribution in [0, 0.1) is 0 Å². The molecule has 0 aliphatic rings. The van der Waals surface area contributed by atoms with Crippen molar-refractivity contribution in [2.24, 2.45) is 0 Å². The standard InChI is InChI=1S/C46H24N8O2/c1-5-27-6-2-10-32-26-15-19-30(20-16-26)54-24-50-36-22-48-46-40(42(36)54)52-44(56-46)34-12-4-8-28-7-3-11-33(38(28)34)43-51-39-41-35(21-47-45(39)55-43)49-23-53(41)29-17-13-25(14-18-29)31(9-1)37(27)32/h1-24H. The van der Waals surface area contributed by atoms with Crippen molar-refractivity contribution in [3.05, 3.63) is 146 Å². The number of hydrogen-bond donors (Lipinski definition) is 0. The molecule has 0 aliphatic heterocycles. The van der Waals surface area contributed by atoms with E-state index in [-0.39, 0.29) is 0 Å². The third kappa shape index (κ3) is 4.04. The van der Waals surface area contributed by atoms with Crippen molar-refractivity contribution in [1.29, 1.82) is 0 Å². The van der Waals surface area contributed by atoms with Crippen molar-refractivity contribution >= 4 is 121 Å². The lowest BCUT2D eigenvalue weighted by Gasteiger charge is -2.06. The first-order valence-electron chi connectivity index (χ1n) is 18.2. The van der Waals surface area contributed by atoms with Gasteiger partial charge in [0.2, 0.25) is 22.9 Å². The molecule has 6 aromatic carbocycles. The van der Waals surface area contributed by atoms with Crippen molar-refractivity contribution in [2.45, 2.75) is 0 Å². The van der Waals surface area contributed by atoms with Crippen LogP contribution in [0.1, 0.15) is 0 Å². The molecule has 0 aliphatic carbocycles. The Hall–Kier alpha value is -7.98. The van der Waals surface area contributed by atoms with E-state index in [2.05, 4.69) is 116 Å². The summed E-state index contributed by atoms with van der Waals surface area (Å²) >= 11 is 0. The van der Waals surface area contributed by atoms with Crippen molar-refractivity contribution in [3.63, 3.8) is 0 Å². The fourth-order valence-corrected chi connectivity index (χ4v) is 8.48. The van der Waals surface area contributed by atoms with E-state index in [0.717, 1.165) is 76.2 Å². The zero-order valence-electron chi connectivity index (χ0n) is 29.3. The minimum atomic E-state index is 0.419. The third-order valence-corrected chi connectivity index (χ3v) is 11.1. The molecule has 10 heteroatoms. The number of rotatable bonds is 0. The summed E-state index contributed by atoms with van der Waals surface area (Å²) in [5, 5.41) is 10.3. The highest BCUT2D eigenvalue weighted by Crippen LogP contribution is 2.35. The number of aromatic nitrogens is 8. The smallest absolute Gasteiger partial charge is 0.249 e. The molecule has 0 amide bonds. The molecule has 10 nitrogen and oxygen atoms in total. The van der Waals surface area contributed by atoms with Crippen LogP contribution in [0.3, 0.4) is 0 Å². The van der Waals surface area contributed by atoms with Gasteiger partial charge in [0.1, 0.15) is 34.7 Å². The van der Waals surface area contributed by atoms with Crippen molar-refractivity contribution < 1.29 is 8.83 Å². The summed E-state index contributed by atoms with van der Waals surface area (Å²) in [4.78, 5) is 29.0. The highest BCUT2D eigenvalue weighted by Gasteiger charge is 2.17. The summed E-state index contributed by atoms with van der Waals surface area (Å²) in [5.74, 6) is 0. The summed E-state index contributed by atoms with van der Waals surface area (Å²) in [6.07, 6.45) is 7.11. The Morgan fingerprint density at radius 1 is 0.375 bits per heavy atom. The van der Waals surface area contributed by atoms with Crippen LogP contribution in [0.15, 0.2) is 155 Å². The van der Waals surface area contributed by atoms with Crippen molar-refractivity contribution in [3.8, 4) is 0 Å². The molecule has 0 fully saturated rings. The summed E-state index contributed by atoms with van der Waals surface area (Å²) in [6, 6.07) is 42.3. The predicted octanol–water partition coefficient (Wildman–Crippen LogP) is 11.0. The van der Waals surface area contributed by atoms with Crippen LogP contribution in [-0.4, -0.2) is 38.7 Å². The van der Waals surface area contributed by atoms with Gasteiger partial charge in [0, 0.05) is 27.2 Å². The Morgan fingerprint density at radius 3 is 1.23 bits per heavy atom. The van der Waals surface area contributed by atoms with Crippen molar-refractivity contribution in [1.82, 2.24) is 38.7 Å². The number of hydrogen-bond acceptors (Lipinski definition) is 8. The molecular weight excluding hydrogens is 697 g/mol. The second-order valence-corrected chi connectivity index (χ2v) is 14.1. The fourth-order valence-electron chi connectivity index (χ4n) is 8.48. The zero-order valence-corrected chi connectivity index (χ0v) is 29.3. The Morgan fingerprint density at radius 2 is 0.786 bits per heavy atom. The van der Waals surface area contributed by atoms with Gasteiger partial charge in [-0.25, -0.2) is 29.9 Å². The highest BCUT2D eigenvalue weighted by molar-refractivity contribution is 6.19. The lowest BCUT2D eigenvalue weighted by molar-refractivity contribution is 0.649. The van der Waals surface area contributed by atoms with E-state index >= 15 is 0 Å². The molecule has 0 N–H and O–H groups in total. The van der Waals surface area contributed by atoms with E-state index in [1.54, 1.807) is 12.4 Å². The summed E-state index contributed by atoms with van der Waals surface area (Å²) < 4.78 is 17.1. The summed E-state index contributed by atoms with van der Waals surface area (Å²) in [6.45, 7) is 0. The van der Waals surface area contributed by atoms with Gasteiger partial charge in [-0.2, -0.15) is 0 Å². The van der Waals surface area contributed by atoms with Crippen LogP contribution in [0.4, 0.5) is 0 Å². The van der Waals surface area contributed by atoms with E-state index in [4.69, 9.17) is 28.8 Å². The molecule has 15 aromatic rings. The van der Waals surface area contributed by atoms with Crippen LogP contribution in [-0.2, 0) is 0 Å². The molecule has 0 spiro atoms. The Bertz CT molecular complexity index is 3680. The summed E-state index contributed by atoms with van der Waals surface area (Å²) in [7, 11) is 0. The Balaban J connectivity index is 1.25. The molecule has 8 bridgehead atoms. The lowest BCUT2D eigenvalue weighted by atomic mass is 9.99. The largest absolute Gasteiger partial charge is 0.418 e. The van der Waals surface area contributed by atoms with E-state index in [1.165, 1.54) is 10.8 Å². The average molecular weight is 721 g/mol. The first-order chi connectivity index (χ1) is 27.7.